The third kappa shape index (κ3) is 5.52. The number of benzene rings is 2. The Labute approximate surface area is 174 Å². The summed E-state index contributed by atoms with van der Waals surface area (Å²) >= 11 is 0. The molecule has 1 aliphatic heterocycles. The van der Waals surface area contributed by atoms with Crippen molar-refractivity contribution < 1.29 is 18.4 Å². The second-order valence-electron chi connectivity index (χ2n) is 6.89. The molecule has 1 atom stereocenters. The molecule has 5 nitrogen and oxygen atoms in total. The summed E-state index contributed by atoms with van der Waals surface area (Å²) in [5, 5.41) is 0. The van der Waals surface area contributed by atoms with Crippen molar-refractivity contribution in [2.24, 2.45) is 11.7 Å². The maximum absolute atomic E-state index is 14.1. The summed E-state index contributed by atoms with van der Waals surface area (Å²) in [5.74, 6) is -2.60. The topological polar surface area (TPSA) is 66.6 Å². The van der Waals surface area contributed by atoms with Gasteiger partial charge in [0.25, 0.3) is 0 Å². The Morgan fingerprint density at radius 2 is 1.90 bits per heavy atom. The first-order chi connectivity index (χ1) is 13.5. The van der Waals surface area contributed by atoms with Gasteiger partial charge in [-0.1, -0.05) is 30.3 Å². The van der Waals surface area contributed by atoms with Crippen LogP contribution < -0.4 is 10.6 Å². The molecule has 0 aromatic heterocycles. The molecular weight excluding hydrogens is 400 g/mol. The molecule has 1 saturated heterocycles. The van der Waals surface area contributed by atoms with E-state index in [1.165, 1.54) is 11.0 Å². The van der Waals surface area contributed by atoms with Crippen LogP contribution in [-0.2, 0) is 16.1 Å². The summed E-state index contributed by atoms with van der Waals surface area (Å²) in [6.07, 6.45) is 0.652. The normalized spacial score (nSPS) is 15.9. The Hall–Kier alpha value is -2.51. The number of hydrogen-bond acceptors (Lipinski definition) is 3. The monoisotopic (exact) mass is 423 g/mol. The summed E-state index contributed by atoms with van der Waals surface area (Å²) in [6, 6.07) is 12.6. The van der Waals surface area contributed by atoms with Gasteiger partial charge in [-0.2, -0.15) is 0 Å². The average molecular weight is 424 g/mol. The summed E-state index contributed by atoms with van der Waals surface area (Å²) < 4.78 is 27.2. The molecule has 1 unspecified atom stereocenters. The fourth-order valence-electron chi connectivity index (χ4n) is 3.42. The number of nitrogens with zero attached hydrogens (tertiary/aromatic N) is 2. The van der Waals surface area contributed by atoms with Crippen LogP contribution in [-0.4, -0.2) is 36.3 Å². The zero-order valence-electron chi connectivity index (χ0n) is 15.9. The van der Waals surface area contributed by atoms with Gasteiger partial charge in [0.05, 0.1) is 11.6 Å². The molecule has 0 bridgehead atoms. The summed E-state index contributed by atoms with van der Waals surface area (Å²) in [5.41, 5.74) is 6.58. The van der Waals surface area contributed by atoms with E-state index >= 15 is 0 Å². The van der Waals surface area contributed by atoms with Crippen molar-refractivity contribution in [3.8, 4) is 0 Å². The molecule has 156 valence electrons. The highest BCUT2D eigenvalue weighted by Crippen LogP contribution is 2.29. The number of rotatable bonds is 7. The Kier molecular flexibility index (Phi) is 8.10. The lowest BCUT2D eigenvalue weighted by Crippen LogP contribution is -2.38. The van der Waals surface area contributed by atoms with E-state index in [9.17, 15) is 18.4 Å². The Balaban J connectivity index is 0.00000300. The van der Waals surface area contributed by atoms with Gasteiger partial charge in [-0.05, 0) is 30.7 Å². The molecule has 1 heterocycles. The lowest BCUT2D eigenvalue weighted by molar-refractivity contribution is -0.136. The molecule has 0 radical (unpaired) electrons. The van der Waals surface area contributed by atoms with E-state index in [0.717, 1.165) is 17.7 Å². The van der Waals surface area contributed by atoms with Gasteiger partial charge in [-0.3, -0.25) is 9.59 Å². The third-order valence-corrected chi connectivity index (χ3v) is 4.83. The minimum atomic E-state index is -0.814. The van der Waals surface area contributed by atoms with Crippen molar-refractivity contribution >= 4 is 29.9 Å². The predicted octanol–water partition coefficient (Wildman–Crippen LogP) is 3.12. The van der Waals surface area contributed by atoms with Crippen LogP contribution in [0.15, 0.2) is 48.5 Å². The van der Waals surface area contributed by atoms with Crippen molar-refractivity contribution in [3.05, 3.63) is 65.7 Å². The van der Waals surface area contributed by atoms with Crippen LogP contribution in [0.4, 0.5) is 14.5 Å². The first-order valence-corrected chi connectivity index (χ1v) is 9.27. The molecule has 8 heteroatoms. The quantitative estimate of drug-likeness (QED) is 0.744. The van der Waals surface area contributed by atoms with E-state index in [2.05, 4.69) is 0 Å². The van der Waals surface area contributed by atoms with E-state index in [0.29, 0.717) is 26.1 Å². The predicted molar refractivity (Wildman–Crippen MR) is 110 cm³/mol. The molecule has 0 saturated carbocycles. The third-order valence-electron chi connectivity index (χ3n) is 4.83. The molecule has 2 amide bonds. The van der Waals surface area contributed by atoms with Crippen molar-refractivity contribution in [1.29, 1.82) is 0 Å². The number of carbonyl (C=O) groups is 2. The second-order valence-corrected chi connectivity index (χ2v) is 6.89. The van der Waals surface area contributed by atoms with Gasteiger partial charge >= 0.3 is 0 Å². The van der Waals surface area contributed by atoms with Crippen LogP contribution in [0.2, 0.25) is 0 Å². The zero-order chi connectivity index (χ0) is 20.1. The molecule has 3 rings (SSSR count). The van der Waals surface area contributed by atoms with Gasteiger partial charge in [-0.25, -0.2) is 8.78 Å². The maximum Gasteiger partial charge on any atom is 0.228 e. The molecule has 2 aromatic carbocycles. The Morgan fingerprint density at radius 3 is 2.55 bits per heavy atom. The SMILES string of the molecule is Cl.NCCCN(Cc1ccccc1)C(=O)C1CC(=O)N(c2ccc(F)cc2F)C1. The molecule has 2 aromatic rings. The smallest absolute Gasteiger partial charge is 0.228 e. The number of nitrogens with two attached hydrogens (primary N) is 1. The average Bonchev–Trinajstić information content (AvgIpc) is 3.07. The van der Waals surface area contributed by atoms with E-state index in [1.54, 1.807) is 4.90 Å². The van der Waals surface area contributed by atoms with Crippen molar-refractivity contribution in [2.45, 2.75) is 19.4 Å². The van der Waals surface area contributed by atoms with Crippen LogP contribution in [0.25, 0.3) is 0 Å². The fraction of sp³-hybridized carbons (Fsp3) is 0.333. The number of anilines is 1. The summed E-state index contributed by atoms with van der Waals surface area (Å²) in [6.45, 7) is 1.44. The van der Waals surface area contributed by atoms with Crippen LogP contribution in [0, 0.1) is 17.6 Å². The molecule has 1 aliphatic rings. The molecule has 1 fully saturated rings. The molecule has 29 heavy (non-hydrogen) atoms. The van der Waals surface area contributed by atoms with E-state index in [-0.39, 0.29) is 42.9 Å². The van der Waals surface area contributed by atoms with Gasteiger partial charge in [0, 0.05) is 32.1 Å². The van der Waals surface area contributed by atoms with E-state index < -0.39 is 17.6 Å². The Bertz CT molecular complexity index is 851. The highest BCUT2D eigenvalue weighted by atomic mass is 35.5. The minimum absolute atomic E-state index is 0. The number of halogens is 3. The standard InChI is InChI=1S/C21H23F2N3O2.ClH/c22-17-7-8-19(18(23)12-17)26-14-16(11-20(26)27)21(28)25(10-4-9-24)13-15-5-2-1-3-6-15;/h1-3,5-8,12,16H,4,9-11,13-14,24H2;1H. The van der Waals surface area contributed by atoms with Gasteiger partial charge in [0.2, 0.25) is 11.8 Å². The highest BCUT2D eigenvalue weighted by Gasteiger charge is 2.38. The number of hydrogen-bond donors (Lipinski definition) is 1. The zero-order valence-corrected chi connectivity index (χ0v) is 16.7. The van der Waals surface area contributed by atoms with Crippen LogP contribution >= 0.6 is 12.4 Å². The van der Waals surface area contributed by atoms with E-state index in [1.807, 2.05) is 30.3 Å². The van der Waals surface area contributed by atoms with Crippen molar-refractivity contribution in [2.75, 3.05) is 24.5 Å². The van der Waals surface area contributed by atoms with Gasteiger partial charge < -0.3 is 15.5 Å². The second kappa shape index (κ2) is 10.3. The molecule has 2 N–H and O–H groups in total. The van der Waals surface area contributed by atoms with Gasteiger partial charge in [0.15, 0.2) is 0 Å². The number of amides is 2. The molecule has 0 spiro atoms. The number of carbonyl (C=O) groups excluding carboxylic acids is 2. The molecular formula is C21H24ClF2N3O2. The van der Waals surface area contributed by atoms with Crippen LogP contribution in [0.3, 0.4) is 0 Å². The lowest BCUT2D eigenvalue weighted by Gasteiger charge is -2.26. The summed E-state index contributed by atoms with van der Waals surface area (Å²) in [7, 11) is 0. The maximum atomic E-state index is 14.1. The highest BCUT2D eigenvalue weighted by molar-refractivity contribution is 6.00. The van der Waals surface area contributed by atoms with Gasteiger partial charge in [0.1, 0.15) is 11.6 Å². The first kappa shape index (κ1) is 22.8. The Morgan fingerprint density at radius 1 is 1.17 bits per heavy atom. The summed E-state index contributed by atoms with van der Waals surface area (Å²) in [4.78, 5) is 28.4. The van der Waals surface area contributed by atoms with Crippen molar-refractivity contribution in [1.82, 2.24) is 4.90 Å². The van der Waals surface area contributed by atoms with Gasteiger partial charge in [-0.15, -0.1) is 12.4 Å². The van der Waals surface area contributed by atoms with Crippen LogP contribution in [0.1, 0.15) is 18.4 Å². The largest absolute Gasteiger partial charge is 0.338 e. The minimum Gasteiger partial charge on any atom is -0.338 e. The first-order valence-electron chi connectivity index (χ1n) is 9.27. The lowest BCUT2D eigenvalue weighted by atomic mass is 10.1. The fourth-order valence-corrected chi connectivity index (χ4v) is 3.42. The van der Waals surface area contributed by atoms with Crippen molar-refractivity contribution in [3.63, 3.8) is 0 Å². The van der Waals surface area contributed by atoms with E-state index in [4.69, 9.17) is 5.73 Å². The molecule has 0 aliphatic carbocycles. The van der Waals surface area contributed by atoms with Crippen LogP contribution in [0.5, 0.6) is 0 Å².